The number of benzene rings is 2. The highest BCUT2D eigenvalue weighted by molar-refractivity contribution is 5.95. The number of methoxy groups -OCH3 is 1. The third-order valence-corrected chi connectivity index (χ3v) is 3.13. The second-order valence-electron chi connectivity index (χ2n) is 4.63. The minimum atomic E-state index is -0.790. The standard InChI is InChI=1S/C17H18FNO3/c1-3-14(22-15-10-6-4-8-12(15)18)17(20)19-13-9-5-7-11-16(13)21-2/h4-11,14H,3H2,1-2H3,(H,19,20). The molecule has 1 unspecified atom stereocenters. The Labute approximate surface area is 128 Å². The summed E-state index contributed by atoms with van der Waals surface area (Å²) in [5.41, 5.74) is 0.547. The molecule has 0 aliphatic heterocycles. The molecule has 0 heterocycles. The summed E-state index contributed by atoms with van der Waals surface area (Å²) in [4.78, 5) is 12.3. The Morgan fingerprint density at radius 3 is 2.41 bits per heavy atom. The molecule has 2 aromatic carbocycles. The minimum absolute atomic E-state index is 0.0597. The monoisotopic (exact) mass is 303 g/mol. The molecule has 5 heteroatoms. The summed E-state index contributed by atoms with van der Waals surface area (Å²) in [5, 5.41) is 2.74. The zero-order valence-electron chi connectivity index (χ0n) is 12.5. The van der Waals surface area contributed by atoms with Crippen LogP contribution in [0.3, 0.4) is 0 Å². The SMILES string of the molecule is CCC(Oc1ccccc1F)C(=O)Nc1ccccc1OC. The third kappa shape index (κ3) is 3.75. The van der Waals surface area contributed by atoms with Crippen LogP contribution in [0.4, 0.5) is 10.1 Å². The summed E-state index contributed by atoms with van der Waals surface area (Å²) < 4.78 is 24.3. The van der Waals surface area contributed by atoms with Crippen LogP contribution in [-0.4, -0.2) is 19.1 Å². The molecule has 1 atom stereocenters. The van der Waals surface area contributed by atoms with Crippen molar-refractivity contribution >= 4 is 11.6 Å². The van der Waals surface area contributed by atoms with Crippen molar-refractivity contribution in [3.05, 3.63) is 54.3 Å². The van der Waals surface area contributed by atoms with Crippen molar-refractivity contribution in [3.8, 4) is 11.5 Å². The lowest BCUT2D eigenvalue weighted by Crippen LogP contribution is -2.32. The number of halogens is 1. The summed E-state index contributed by atoms with van der Waals surface area (Å²) in [5.74, 6) is -0.234. The molecule has 0 saturated carbocycles. The smallest absolute Gasteiger partial charge is 0.265 e. The van der Waals surface area contributed by atoms with Gasteiger partial charge in [-0.25, -0.2) is 4.39 Å². The van der Waals surface area contributed by atoms with Crippen molar-refractivity contribution in [1.82, 2.24) is 0 Å². The molecule has 0 fully saturated rings. The Hall–Kier alpha value is -2.56. The Balaban J connectivity index is 2.11. The number of hydrogen-bond donors (Lipinski definition) is 1. The fraction of sp³-hybridized carbons (Fsp3) is 0.235. The molecule has 0 aliphatic carbocycles. The van der Waals surface area contributed by atoms with Crippen molar-refractivity contribution in [1.29, 1.82) is 0 Å². The fourth-order valence-electron chi connectivity index (χ4n) is 1.98. The van der Waals surface area contributed by atoms with Gasteiger partial charge >= 0.3 is 0 Å². The van der Waals surface area contributed by atoms with Gasteiger partial charge in [-0.15, -0.1) is 0 Å². The van der Waals surface area contributed by atoms with Gasteiger partial charge in [0.05, 0.1) is 12.8 Å². The first kappa shape index (κ1) is 15.8. The molecule has 22 heavy (non-hydrogen) atoms. The lowest BCUT2D eigenvalue weighted by Gasteiger charge is -2.18. The predicted molar refractivity (Wildman–Crippen MR) is 82.7 cm³/mol. The fourth-order valence-corrected chi connectivity index (χ4v) is 1.98. The van der Waals surface area contributed by atoms with Crippen molar-refractivity contribution in [3.63, 3.8) is 0 Å². The summed E-state index contributed by atoms with van der Waals surface area (Å²) in [6, 6.07) is 13.1. The molecule has 0 radical (unpaired) electrons. The second kappa shape index (κ2) is 7.45. The van der Waals surface area contributed by atoms with Crippen LogP contribution >= 0.6 is 0 Å². The summed E-state index contributed by atoms with van der Waals surface area (Å²) in [7, 11) is 1.53. The zero-order valence-corrected chi connectivity index (χ0v) is 12.5. The van der Waals surface area contributed by atoms with Gasteiger partial charge in [0.1, 0.15) is 5.75 Å². The molecule has 0 bridgehead atoms. The average Bonchev–Trinajstić information content (AvgIpc) is 2.54. The zero-order chi connectivity index (χ0) is 15.9. The van der Waals surface area contributed by atoms with Crippen LogP contribution in [0, 0.1) is 5.82 Å². The van der Waals surface area contributed by atoms with E-state index in [0.29, 0.717) is 17.9 Å². The molecule has 0 aliphatic rings. The molecule has 4 nitrogen and oxygen atoms in total. The third-order valence-electron chi connectivity index (χ3n) is 3.13. The number of carbonyl (C=O) groups excluding carboxylic acids is 1. The highest BCUT2D eigenvalue weighted by atomic mass is 19.1. The number of carbonyl (C=O) groups is 1. The van der Waals surface area contributed by atoms with Crippen LogP contribution in [0.15, 0.2) is 48.5 Å². The summed E-state index contributed by atoms with van der Waals surface area (Å²) >= 11 is 0. The molecule has 0 spiro atoms. The number of amides is 1. The molecule has 1 amide bonds. The van der Waals surface area contributed by atoms with E-state index in [0.717, 1.165) is 0 Å². The Kier molecular flexibility index (Phi) is 5.36. The number of nitrogens with one attached hydrogen (secondary N) is 1. The maximum absolute atomic E-state index is 13.6. The topological polar surface area (TPSA) is 47.6 Å². The highest BCUT2D eigenvalue weighted by Crippen LogP contribution is 2.24. The highest BCUT2D eigenvalue weighted by Gasteiger charge is 2.20. The molecule has 0 saturated heterocycles. The summed E-state index contributed by atoms with van der Waals surface area (Å²) in [6.45, 7) is 1.80. The Bertz CT molecular complexity index is 645. The van der Waals surface area contributed by atoms with E-state index < -0.39 is 11.9 Å². The summed E-state index contributed by atoms with van der Waals surface area (Å²) in [6.07, 6.45) is -0.378. The van der Waals surface area contributed by atoms with Gasteiger partial charge in [-0.1, -0.05) is 31.2 Å². The van der Waals surface area contributed by atoms with Crippen LogP contribution in [0.25, 0.3) is 0 Å². The molecular formula is C17H18FNO3. The van der Waals surface area contributed by atoms with Gasteiger partial charge in [0.25, 0.3) is 5.91 Å². The average molecular weight is 303 g/mol. The van der Waals surface area contributed by atoms with Crippen molar-refractivity contribution < 1.29 is 18.7 Å². The van der Waals surface area contributed by atoms with Gasteiger partial charge in [-0.3, -0.25) is 4.79 Å². The number of rotatable bonds is 6. The van der Waals surface area contributed by atoms with E-state index in [4.69, 9.17) is 9.47 Å². The number of ether oxygens (including phenoxy) is 2. The minimum Gasteiger partial charge on any atom is -0.495 e. The van der Waals surface area contributed by atoms with Gasteiger partial charge in [0.2, 0.25) is 0 Å². The molecule has 1 N–H and O–H groups in total. The maximum atomic E-state index is 13.6. The Morgan fingerprint density at radius 1 is 1.14 bits per heavy atom. The van der Waals surface area contributed by atoms with Crippen molar-refractivity contribution in [2.75, 3.05) is 12.4 Å². The van der Waals surface area contributed by atoms with Crippen LogP contribution in [0.5, 0.6) is 11.5 Å². The van der Waals surface area contributed by atoms with E-state index >= 15 is 0 Å². The number of anilines is 1. The van der Waals surface area contributed by atoms with Gasteiger partial charge in [0.15, 0.2) is 17.7 Å². The first-order valence-corrected chi connectivity index (χ1v) is 7.00. The van der Waals surface area contributed by atoms with Gasteiger partial charge in [0, 0.05) is 0 Å². The first-order valence-electron chi connectivity index (χ1n) is 7.00. The van der Waals surface area contributed by atoms with E-state index in [-0.39, 0.29) is 11.7 Å². The lowest BCUT2D eigenvalue weighted by molar-refractivity contribution is -0.122. The normalized spacial score (nSPS) is 11.6. The van der Waals surface area contributed by atoms with Crippen molar-refractivity contribution in [2.45, 2.75) is 19.4 Å². The van der Waals surface area contributed by atoms with Crippen LogP contribution < -0.4 is 14.8 Å². The van der Waals surface area contributed by atoms with Crippen LogP contribution in [0.2, 0.25) is 0 Å². The van der Waals surface area contributed by atoms with E-state index in [2.05, 4.69) is 5.32 Å². The second-order valence-corrected chi connectivity index (χ2v) is 4.63. The predicted octanol–water partition coefficient (Wildman–Crippen LogP) is 3.63. The first-order chi connectivity index (χ1) is 10.7. The van der Waals surface area contributed by atoms with Crippen molar-refractivity contribution in [2.24, 2.45) is 0 Å². The van der Waals surface area contributed by atoms with E-state index in [1.807, 2.05) is 6.07 Å². The maximum Gasteiger partial charge on any atom is 0.265 e. The Morgan fingerprint density at radius 2 is 1.77 bits per heavy atom. The number of hydrogen-bond acceptors (Lipinski definition) is 3. The molecule has 2 rings (SSSR count). The van der Waals surface area contributed by atoms with E-state index in [9.17, 15) is 9.18 Å². The number of para-hydroxylation sites is 3. The molecule has 116 valence electrons. The van der Waals surface area contributed by atoms with Crippen LogP contribution in [-0.2, 0) is 4.79 Å². The molecule has 0 aromatic heterocycles. The molecule has 2 aromatic rings. The van der Waals surface area contributed by atoms with Gasteiger partial charge in [-0.05, 0) is 30.7 Å². The largest absolute Gasteiger partial charge is 0.495 e. The lowest BCUT2D eigenvalue weighted by atomic mass is 10.2. The van der Waals surface area contributed by atoms with E-state index in [1.165, 1.54) is 19.2 Å². The van der Waals surface area contributed by atoms with Crippen LogP contribution in [0.1, 0.15) is 13.3 Å². The molecular weight excluding hydrogens is 285 g/mol. The quantitative estimate of drug-likeness (QED) is 0.886. The van der Waals surface area contributed by atoms with E-state index in [1.54, 1.807) is 37.3 Å². The van der Waals surface area contributed by atoms with Gasteiger partial charge in [-0.2, -0.15) is 0 Å². The van der Waals surface area contributed by atoms with Gasteiger partial charge < -0.3 is 14.8 Å².